The first-order chi connectivity index (χ1) is 4.83. The zero-order valence-electron chi connectivity index (χ0n) is 6.02. The van der Waals surface area contributed by atoms with Crippen molar-refractivity contribution in [1.82, 2.24) is 0 Å². The molecule has 0 aliphatic carbocycles. The molecule has 0 unspecified atom stereocenters. The molecular formula is C2H6KO8P. The van der Waals surface area contributed by atoms with Crippen LogP contribution in [-0.2, 0) is 14.2 Å². The normalized spacial score (nSPS) is 6.92. The Morgan fingerprint density at radius 3 is 1.17 bits per heavy atom. The van der Waals surface area contributed by atoms with Gasteiger partial charge < -0.3 is 29.7 Å². The topological polar surface area (TPSA) is 155 Å². The largest absolute Gasteiger partial charge is 1.00 e. The van der Waals surface area contributed by atoms with E-state index in [0.29, 0.717) is 0 Å². The van der Waals surface area contributed by atoms with Crippen LogP contribution in [0.25, 0.3) is 0 Å². The van der Waals surface area contributed by atoms with Crippen LogP contribution in [-0.4, -0.2) is 32.7 Å². The number of hydrogen-bond acceptors (Lipinski definition) is 4. The van der Waals surface area contributed by atoms with E-state index in [4.69, 9.17) is 39.0 Å². The molecule has 68 valence electrons. The van der Waals surface area contributed by atoms with Crippen molar-refractivity contribution < 1.29 is 90.4 Å². The van der Waals surface area contributed by atoms with Crippen molar-refractivity contribution in [1.29, 1.82) is 0 Å². The summed E-state index contributed by atoms with van der Waals surface area (Å²) in [5.41, 5.74) is 0. The summed E-state index contributed by atoms with van der Waals surface area (Å²) in [5, 5.41) is 15.1. The van der Waals surface area contributed by atoms with Gasteiger partial charge in [0.2, 0.25) is 0 Å². The second kappa shape index (κ2) is 17.7. The van der Waals surface area contributed by atoms with E-state index in [0.717, 1.165) is 0 Å². The molecule has 0 saturated carbocycles. The molecule has 10 heteroatoms. The maximum atomic E-state index is 8.88. The average molecular weight is 228 g/mol. The van der Waals surface area contributed by atoms with Crippen LogP contribution < -0.4 is 56.5 Å². The van der Waals surface area contributed by atoms with E-state index in [1.165, 1.54) is 0 Å². The fourth-order valence-corrected chi connectivity index (χ4v) is 0. The summed E-state index contributed by atoms with van der Waals surface area (Å²) in [6.45, 7) is -0.750. The Bertz CT molecular complexity index is 115. The molecule has 0 fully saturated rings. The summed E-state index contributed by atoms with van der Waals surface area (Å²) in [5.74, 6) is 0. The molecule has 12 heavy (non-hydrogen) atoms. The first-order valence-electron chi connectivity index (χ1n) is 1.75. The van der Waals surface area contributed by atoms with Gasteiger partial charge in [0.1, 0.15) is 0 Å². The predicted octanol–water partition coefficient (Wildman–Crippen LogP) is -5.86. The van der Waals surface area contributed by atoms with E-state index >= 15 is 0 Å². The van der Waals surface area contributed by atoms with Gasteiger partial charge in [-0.3, -0.25) is 4.79 Å². The summed E-state index contributed by atoms with van der Waals surface area (Å²) in [6, 6.07) is 0. The Hall–Kier alpha value is 0.686. The molecule has 0 rings (SSSR count). The fraction of sp³-hybridized carbons (Fsp3) is 0. The third kappa shape index (κ3) is 2130. The van der Waals surface area contributed by atoms with Crippen LogP contribution in [0.1, 0.15) is 0 Å². The van der Waals surface area contributed by atoms with Gasteiger partial charge in [-0.2, -0.15) is 0 Å². The molecule has 4 N–H and O–H groups in total. The first kappa shape index (κ1) is 23.0. The Morgan fingerprint density at radius 1 is 1.17 bits per heavy atom. The Balaban J connectivity index is -0.0000000406. The Kier molecular flexibility index (Phi) is 33.8. The van der Waals surface area contributed by atoms with Crippen molar-refractivity contribution >= 4 is 20.8 Å². The van der Waals surface area contributed by atoms with Gasteiger partial charge in [-0.25, -0.2) is 4.57 Å². The van der Waals surface area contributed by atoms with Gasteiger partial charge in [-0.15, -0.1) is 0 Å². The average Bonchev–Trinajstić information content (AvgIpc) is 1.62. The van der Waals surface area contributed by atoms with Crippen LogP contribution in [0.4, 0.5) is 0 Å². The molecule has 0 aromatic rings. The molecule has 0 amide bonds. The van der Waals surface area contributed by atoms with Crippen molar-refractivity contribution in [3.63, 3.8) is 0 Å². The molecule has 0 saturated heterocycles. The molecule has 0 radical (unpaired) electrons. The van der Waals surface area contributed by atoms with Crippen molar-refractivity contribution in [2.45, 2.75) is 0 Å². The van der Waals surface area contributed by atoms with Gasteiger partial charge in [0.05, 0.1) is 0 Å². The zero-order valence-corrected chi connectivity index (χ0v) is 10.0. The van der Waals surface area contributed by atoms with Crippen LogP contribution in [0, 0.1) is 0 Å². The van der Waals surface area contributed by atoms with Gasteiger partial charge in [0.25, 0.3) is 6.47 Å². The van der Waals surface area contributed by atoms with E-state index in [2.05, 4.69) is 0 Å². The van der Waals surface area contributed by atoms with Crippen LogP contribution in [0.5, 0.6) is 0 Å². The van der Waals surface area contributed by atoms with E-state index in [1.807, 2.05) is 0 Å². The standard InChI is InChI=1S/2CH2O2.K.H3O4P/c2*2-1-3;;1-5(2,3)4/h2*1H,(H,2,3);;(H3,1,2,3,4)/q;;+1;/p-1. The third-order valence-corrected chi connectivity index (χ3v) is 0. The van der Waals surface area contributed by atoms with Gasteiger partial charge >= 0.3 is 59.2 Å². The number of phosphoric acid groups is 1. The molecule has 0 bridgehead atoms. The van der Waals surface area contributed by atoms with E-state index in [-0.39, 0.29) is 57.9 Å². The summed E-state index contributed by atoms with van der Waals surface area (Å²) >= 11 is 0. The monoisotopic (exact) mass is 228 g/mol. The van der Waals surface area contributed by atoms with Crippen LogP contribution in [0.2, 0.25) is 0 Å². The molecule has 0 heterocycles. The Labute approximate surface area is 110 Å². The predicted molar refractivity (Wildman–Crippen MR) is 29.0 cm³/mol. The number of carboxylic acid groups (broad SMARTS) is 2. The number of carbonyl (C=O) groups is 2. The van der Waals surface area contributed by atoms with Crippen molar-refractivity contribution in [3.8, 4) is 0 Å². The van der Waals surface area contributed by atoms with Crippen LogP contribution >= 0.6 is 7.82 Å². The first-order valence-corrected chi connectivity index (χ1v) is 3.31. The number of carbonyl (C=O) groups excluding carboxylic acids is 1. The SMILES string of the molecule is O=CO.O=C[O-].O=P(O)(O)O.[K+]. The molecular weight excluding hydrogens is 222 g/mol. The number of rotatable bonds is 0. The second-order valence-corrected chi connectivity index (χ2v) is 1.74. The molecule has 0 aliphatic rings. The molecule has 0 spiro atoms. The minimum Gasteiger partial charge on any atom is -0.554 e. The summed E-state index contributed by atoms with van der Waals surface area (Å²) < 4.78 is 8.88. The minimum atomic E-state index is -4.64. The van der Waals surface area contributed by atoms with E-state index in [1.54, 1.807) is 0 Å². The molecule has 0 aromatic heterocycles. The van der Waals surface area contributed by atoms with Crippen molar-refractivity contribution in [3.05, 3.63) is 0 Å². The molecule has 0 aromatic carbocycles. The molecule has 0 atom stereocenters. The second-order valence-electron chi connectivity index (χ2n) is 0.715. The Morgan fingerprint density at radius 2 is 1.17 bits per heavy atom. The smallest absolute Gasteiger partial charge is 0.554 e. The maximum Gasteiger partial charge on any atom is 1.00 e. The number of hydrogen-bond donors (Lipinski definition) is 4. The summed E-state index contributed by atoms with van der Waals surface area (Å²) in [4.78, 5) is 38.2. The van der Waals surface area contributed by atoms with Crippen molar-refractivity contribution in [2.24, 2.45) is 0 Å². The summed E-state index contributed by atoms with van der Waals surface area (Å²) in [7, 11) is -4.64. The van der Waals surface area contributed by atoms with E-state index < -0.39 is 14.3 Å². The van der Waals surface area contributed by atoms with Gasteiger partial charge in [0.15, 0.2) is 0 Å². The molecule has 0 aliphatic heterocycles. The van der Waals surface area contributed by atoms with Crippen LogP contribution in [0.3, 0.4) is 0 Å². The third-order valence-electron chi connectivity index (χ3n) is 0. The minimum absolute atomic E-state index is 0. The van der Waals surface area contributed by atoms with Gasteiger partial charge in [0, 0.05) is 6.47 Å². The van der Waals surface area contributed by atoms with Crippen molar-refractivity contribution in [2.75, 3.05) is 0 Å². The van der Waals surface area contributed by atoms with Gasteiger partial charge in [-0.05, 0) is 0 Å². The van der Waals surface area contributed by atoms with E-state index in [9.17, 15) is 0 Å². The van der Waals surface area contributed by atoms with Crippen LogP contribution in [0.15, 0.2) is 0 Å². The summed E-state index contributed by atoms with van der Waals surface area (Å²) in [6.07, 6.45) is 0. The zero-order chi connectivity index (χ0) is 9.91. The maximum absolute atomic E-state index is 8.88. The van der Waals surface area contributed by atoms with Gasteiger partial charge in [-0.1, -0.05) is 0 Å². The molecule has 8 nitrogen and oxygen atoms in total. The fourth-order valence-electron chi connectivity index (χ4n) is 0. The quantitative estimate of drug-likeness (QED) is 0.181.